The van der Waals surface area contributed by atoms with Gasteiger partial charge in [0, 0.05) is 20.2 Å². The molecule has 3 N–H and O–H groups in total. The molecule has 0 aliphatic rings. The molecule has 0 aromatic heterocycles. The summed E-state index contributed by atoms with van der Waals surface area (Å²) in [5, 5.41) is 8.90. The van der Waals surface area contributed by atoms with Gasteiger partial charge in [0.2, 0.25) is 0 Å². The Morgan fingerprint density at radius 3 is 2.47 bits per heavy atom. The largest absolute Gasteiger partial charge is 0.493 e. The summed E-state index contributed by atoms with van der Waals surface area (Å²) in [5.74, 6) is -1.22. The molecule has 0 heterocycles. The summed E-state index contributed by atoms with van der Waals surface area (Å²) in [6.45, 7) is 0.747. The third-order valence-electron chi connectivity index (χ3n) is 4.06. The zero-order valence-corrected chi connectivity index (χ0v) is 17.9. The lowest BCUT2D eigenvalue weighted by Gasteiger charge is -2.11. The number of carbonyl (C=O) groups is 3. The summed E-state index contributed by atoms with van der Waals surface area (Å²) < 4.78 is 15.6. The second-order valence-corrected chi connectivity index (χ2v) is 6.41. The number of benzene rings is 2. The van der Waals surface area contributed by atoms with Crippen LogP contribution in [0.25, 0.3) is 0 Å². The van der Waals surface area contributed by atoms with Crippen LogP contribution in [0, 0.1) is 0 Å². The minimum Gasteiger partial charge on any atom is -0.493 e. The number of hydrogen-bond donors (Lipinski definition) is 3. The maximum absolute atomic E-state index is 12.0. The number of nitrogens with one attached hydrogen (secondary N) is 3. The summed E-state index contributed by atoms with van der Waals surface area (Å²) in [6, 6.07) is 14.4. The van der Waals surface area contributed by atoms with E-state index in [1.165, 1.54) is 20.4 Å². The van der Waals surface area contributed by atoms with E-state index < -0.39 is 11.8 Å². The summed E-state index contributed by atoms with van der Waals surface area (Å²) in [5.41, 5.74) is 3.70. The van der Waals surface area contributed by atoms with E-state index in [4.69, 9.17) is 14.2 Å². The van der Waals surface area contributed by atoms with E-state index in [0.717, 1.165) is 5.56 Å². The normalized spacial score (nSPS) is 10.4. The SMILES string of the molecule is COCCNC(=O)C(=O)N/N=C\c1ccc(OCC(=O)NCc2ccccc2)c(OC)c1. The molecule has 0 bridgehead atoms. The number of amides is 3. The highest BCUT2D eigenvalue weighted by Gasteiger charge is 2.12. The number of methoxy groups -OCH3 is 2. The van der Waals surface area contributed by atoms with Gasteiger partial charge in [0.15, 0.2) is 18.1 Å². The Balaban J connectivity index is 1.83. The highest BCUT2D eigenvalue weighted by Crippen LogP contribution is 2.27. The van der Waals surface area contributed by atoms with Crippen LogP contribution in [0.4, 0.5) is 0 Å². The second kappa shape index (κ2) is 13.4. The monoisotopic (exact) mass is 442 g/mol. The van der Waals surface area contributed by atoms with Crippen LogP contribution < -0.4 is 25.5 Å². The van der Waals surface area contributed by atoms with Crippen LogP contribution in [0.2, 0.25) is 0 Å². The van der Waals surface area contributed by atoms with Gasteiger partial charge in [0.05, 0.1) is 19.9 Å². The Morgan fingerprint density at radius 2 is 1.75 bits per heavy atom. The number of carbonyl (C=O) groups excluding carboxylic acids is 3. The molecule has 0 unspecified atom stereocenters. The zero-order valence-electron chi connectivity index (χ0n) is 17.9. The van der Waals surface area contributed by atoms with Crippen molar-refractivity contribution in [3.8, 4) is 11.5 Å². The van der Waals surface area contributed by atoms with Crippen molar-refractivity contribution in [2.45, 2.75) is 6.54 Å². The first-order valence-electron chi connectivity index (χ1n) is 9.75. The summed E-state index contributed by atoms with van der Waals surface area (Å²) in [6.07, 6.45) is 1.35. The molecule has 10 heteroatoms. The Kier molecular flexibility index (Phi) is 10.2. The smallest absolute Gasteiger partial charge is 0.329 e. The Morgan fingerprint density at radius 1 is 0.969 bits per heavy atom. The maximum atomic E-state index is 12.0. The predicted octanol–water partition coefficient (Wildman–Crippen LogP) is 0.603. The molecule has 0 fully saturated rings. The van der Waals surface area contributed by atoms with Crippen LogP contribution in [0.5, 0.6) is 11.5 Å². The molecule has 3 amide bonds. The second-order valence-electron chi connectivity index (χ2n) is 6.41. The Labute approximate surface area is 185 Å². The summed E-state index contributed by atoms with van der Waals surface area (Å²) in [7, 11) is 2.95. The van der Waals surface area contributed by atoms with Crippen molar-refractivity contribution in [1.82, 2.24) is 16.1 Å². The van der Waals surface area contributed by atoms with Crippen LogP contribution in [-0.4, -0.2) is 57.9 Å². The predicted molar refractivity (Wildman–Crippen MR) is 117 cm³/mol. The minimum absolute atomic E-state index is 0.176. The van der Waals surface area contributed by atoms with Gasteiger partial charge in [0.1, 0.15) is 0 Å². The maximum Gasteiger partial charge on any atom is 0.329 e. The van der Waals surface area contributed by atoms with Gasteiger partial charge in [0.25, 0.3) is 5.91 Å². The third-order valence-corrected chi connectivity index (χ3v) is 4.06. The first kappa shape index (κ1) is 24.4. The van der Waals surface area contributed by atoms with Gasteiger partial charge in [-0.25, -0.2) is 5.43 Å². The van der Waals surface area contributed by atoms with E-state index >= 15 is 0 Å². The average Bonchev–Trinajstić information content (AvgIpc) is 2.82. The first-order chi connectivity index (χ1) is 15.5. The van der Waals surface area contributed by atoms with Gasteiger partial charge >= 0.3 is 11.8 Å². The molecule has 0 aliphatic heterocycles. The van der Waals surface area contributed by atoms with Crippen molar-refractivity contribution < 1.29 is 28.6 Å². The molecule has 32 heavy (non-hydrogen) atoms. The van der Waals surface area contributed by atoms with Crippen molar-refractivity contribution >= 4 is 23.9 Å². The van der Waals surface area contributed by atoms with Gasteiger partial charge < -0.3 is 24.8 Å². The van der Waals surface area contributed by atoms with Crippen molar-refractivity contribution in [2.75, 3.05) is 34.0 Å². The lowest BCUT2D eigenvalue weighted by molar-refractivity contribution is -0.139. The van der Waals surface area contributed by atoms with E-state index in [9.17, 15) is 14.4 Å². The Hall–Kier alpha value is -3.92. The fourth-order valence-corrected chi connectivity index (χ4v) is 2.44. The van der Waals surface area contributed by atoms with Gasteiger partial charge in [-0.1, -0.05) is 30.3 Å². The minimum atomic E-state index is -0.897. The lowest BCUT2D eigenvalue weighted by atomic mass is 10.2. The fraction of sp³-hybridized carbons (Fsp3) is 0.273. The molecular weight excluding hydrogens is 416 g/mol. The molecule has 0 radical (unpaired) electrons. The highest BCUT2D eigenvalue weighted by atomic mass is 16.5. The lowest BCUT2D eigenvalue weighted by Crippen LogP contribution is -2.39. The summed E-state index contributed by atoms with van der Waals surface area (Å²) >= 11 is 0. The molecule has 0 spiro atoms. The van der Waals surface area contributed by atoms with E-state index in [2.05, 4.69) is 21.2 Å². The molecule has 0 aliphatic carbocycles. The van der Waals surface area contributed by atoms with Gasteiger partial charge in [-0.15, -0.1) is 0 Å². The molecule has 170 valence electrons. The van der Waals surface area contributed by atoms with Crippen molar-refractivity contribution in [3.05, 3.63) is 59.7 Å². The van der Waals surface area contributed by atoms with Crippen molar-refractivity contribution in [1.29, 1.82) is 0 Å². The average molecular weight is 442 g/mol. The molecule has 0 saturated carbocycles. The van der Waals surface area contributed by atoms with Gasteiger partial charge in [-0.2, -0.15) is 5.10 Å². The molecule has 0 saturated heterocycles. The van der Waals surface area contributed by atoms with Crippen LogP contribution in [-0.2, 0) is 25.7 Å². The van der Waals surface area contributed by atoms with E-state index in [1.54, 1.807) is 18.2 Å². The van der Waals surface area contributed by atoms with Crippen LogP contribution in [0.3, 0.4) is 0 Å². The molecule has 2 rings (SSSR count). The van der Waals surface area contributed by atoms with E-state index in [1.807, 2.05) is 30.3 Å². The molecule has 2 aromatic carbocycles. The number of hydrogen-bond acceptors (Lipinski definition) is 7. The highest BCUT2D eigenvalue weighted by molar-refractivity contribution is 6.35. The van der Waals surface area contributed by atoms with Gasteiger partial charge in [-0.3, -0.25) is 14.4 Å². The molecule has 2 aromatic rings. The quantitative estimate of drug-likeness (QED) is 0.202. The number of nitrogens with zero attached hydrogens (tertiary/aromatic N) is 1. The number of rotatable bonds is 11. The molecular formula is C22H26N4O6. The zero-order chi connectivity index (χ0) is 23.2. The van der Waals surface area contributed by atoms with Crippen molar-refractivity contribution in [2.24, 2.45) is 5.10 Å². The van der Waals surface area contributed by atoms with Crippen LogP contribution >= 0.6 is 0 Å². The standard InChI is InChI=1S/C22H26N4O6/c1-30-11-10-23-21(28)22(29)26-25-14-17-8-9-18(19(12-17)31-2)32-15-20(27)24-13-16-6-4-3-5-7-16/h3-9,12,14H,10-11,13,15H2,1-2H3,(H,23,28)(H,24,27)(H,26,29)/b25-14-. The first-order valence-corrected chi connectivity index (χ1v) is 9.75. The van der Waals surface area contributed by atoms with E-state index in [-0.39, 0.29) is 19.1 Å². The third kappa shape index (κ3) is 8.44. The van der Waals surface area contributed by atoms with E-state index in [0.29, 0.717) is 30.2 Å². The topological polar surface area (TPSA) is 127 Å². The molecule has 0 atom stereocenters. The van der Waals surface area contributed by atoms with Crippen LogP contribution in [0.15, 0.2) is 53.6 Å². The molecule has 10 nitrogen and oxygen atoms in total. The van der Waals surface area contributed by atoms with Gasteiger partial charge in [-0.05, 0) is 29.3 Å². The Bertz CT molecular complexity index is 933. The number of ether oxygens (including phenoxy) is 3. The van der Waals surface area contributed by atoms with Crippen LogP contribution in [0.1, 0.15) is 11.1 Å². The fourth-order valence-electron chi connectivity index (χ4n) is 2.44. The summed E-state index contributed by atoms with van der Waals surface area (Å²) in [4.78, 5) is 35.2. The van der Waals surface area contributed by atoms with Crippen molar-refractivity contribution in [3.63, 3.8) is 0 Å². The number of hydrazone groups is 1.